The van der Waals surface area contributed by atoms with Crippen LogP contribution < -0.4 is 4.57 Å². The number of aliphatic hydroxyl groups is 1. The van der Waals surface area contributed by atoms with Crippen LogP contribution in [0.15, 0.2) is 60.8 Å². The third-order valence-electron chi connectivity index (χ3n) is 7.24. The molecule has 0 spiro atoms. The van der Waals surface area contributed by atoms with Crippen molar-refractivity contribution in [1.82, 2.24) is 0 Å². The quantitative estimate of drug-likeness (QED) is 0.277. The van der Waals surface area contributed by atoms with E-state index in [0.29, 0.717) is 0 Å². The fraction of sp³-hybridized carbons (Fsp3) is 0.344. The Balaban J connectivity index is 2.04. The molecule has 180 valence electrons. The van der Waals surface area contributed by atoms with Crippen molar-refractivity contribution >= 4 is 10.8 Å². The highest BCUT2D eigenvalue weighted by atomic mass is 16.5. The number of ether oxygens (including phenoxy) is 1. The van der Waals surface area contributed by atoms with Gasteiger partial charge in [-0.1, -0.05) is 74.9 Å². The van der Waals surface area contributed by atoms with Crippen LogP contribution in [0, 0.1) is 12.3 Å². The van der Waals surface area contributed by atoms with Gasteiger partial charge in [-0.05, 0) is 64.5 Å². The first-order valence-electron chi connectivity index (χ1n) is 12.6. The molecule has 3 aromatic carbocycles. The van der Waals surface area contributed by atoms with Gasteiger partial charge >= 0.3 is 0 Å². The molecule has 0 unspecified atom stereocenters. The summed E-state index contributed by atoms with van der Waals surface area (Å²) in [4.78, 5) is 0. The van der Waals surface area contributed by atoms with Gasteiger partial charge in [-0.15, -0.1) is 0 Å². The van der Waals surface area contributed by atoms with E-state index in [1.165, 1.54) is 44.2 Å². The minimum Gasteiger partial charge on any atom is -0.377 e. The maximum absolute atomic E-state index is 11.0. The Morgan fingerprint density at radius 2 is 1.66 bits per heavy atom. The van der Waals surface area contributed by atoms with E-state index in [0.717, 1.165) is 23.2 Å². The number of aryl methyl sites for hydroxylation is 1. The number of aromatic nitrogens is 1. The fourth-order valence-corrected chi connectivity index (χ4v) is 5.62. The van der Waals surface area contributed by atoms with Crippen molar-refractivity contribution in [3.05, 3.63) is 77.5 Å². The highest BCUT2D eigenvalue weighted by Gasteiger charge is 2.33. The molecule has 1 aliphatic rings. The third kappa shape index (κ3) is 3.97. The topological polar surface area (TPSA) is 33.3 Å². The van der Waals surface area contributed by atoms with Gasteiger partial charge in [-0.2, -0.15) is 4.57 Å². The Hall–Kier alpha value is -3.01. The number of benzene rings is 3. The maximum atomic E-state index is 11.0. The lowest BCUT2D eigenvalue weighted by Crippen LogP contribution is -2.40. The summed E-state index contributed by atoms with van der Waals surface area (Å²) in [6, 6.07) is 20.0. The van der Waals surface area contributed by atoms with Crippen LogP contribution in [-0.2, 0) is 11.2 Å². The minimum atomic E-state index is -0.671. The molecular weight excluding hydrogens is 430 g/mol. The second kappa shape index (κ2) is 8.58. The SMILES string of the molecule is CO[C@H](C)c1cccc2c1-c1c3c(ccc(CC(C)(C)C)c3cc[n+]1[C@H](C)O)-c1ccc(C)cc1-2. The predicted molar refractivity (Wildman–Crippen MR) is 144 cm³/mol. The number of hydrogen-bond donors (Lipinski definition) is 1. The normalized spacial score (nSPS) is 14.3. The van der Waals surface area contributed by atoms with Crippen LogP contribution in [0.3, 0.4) is 0 Å². The van der Waals surface area contributed by atoms with Crippen molar-refractivity contribution in [2.75, 3.05) is 7.11 Å². The van der Waals surface area contributed by atoms with E-state index in [4.69, 9.17) is 4.74 Å². The van der Waals surface area contributed by atoms with Gasteiger partial charge in [-0.3, -0.25) is 0 Å². The molecule has 0 aliphatic heterocycles. The van der Waals surface area contributed by atoms with Gasteiger partial charge in [0.15, 0.2) is 6.20 Å². The molecule has 1 aliphatic carbocycles. The average molecular weight is 467 g/mol. The molecular formula is C32H36NO2+. The summed E-state index contributed by atoms with van der Waals surface area (Å²) in [5.74, 6) is 0. The molecule has 0 saturated carbocycles. The summed E-state index contributed by atoms with van der Waals surface area (Å²) >= 11 is 0. The van der Waals surface area contributed by atoms with E-state index in [-0.39, 0.29) is 11.5 Å². The molecule has 0 radical (unpaired) electrons. The molecule has 0 saturated heterocycles. The highest BCUT2D eigenvalue weighted by molar-refractivity contribution is 6.12. The first kappa shape index (κ1) is 23.7. The Kier molecular flexibility index (Phi) is 5.82. The van der Waals surface area contributed by atoms with Gasteiger partial charge in [0.25, 0.3) is 6.23 Å². The average Bonchev–Trinajstić information content (AvgIpc) is 2.93. The standard InChI is InChI=1S/C32H36NO2/c1-19-11-13-25-27-14-12-22(18-32(4,5)6)24-15-16-33(21(3)34)31(30(24)27)29-23(20(2)35-7)9-8-10-26(29)28(25)17-19/h8-17,20-21,34H,18H2,1-7H3/q+1/t20-,21+/m1/s1. The van der Waals surface area contributed by atoms with Gasteiger partial charge in [0.05, 0.1) is 17.1 Å². The van der Waals surface area contributed by atoms with E-state index in [2.05, 4.69) is 95.4 Å². The number of methoxy groups -OCH3 is 1. The first-order chi connectivity index (χ1) is 16.6. The smallest absolute Gasteiger partial charge is 0.257 e. The van der Waals surface area contributed by atoms with Crippen LogP contribution in [0.25, 0.3) is 44.3 Å². The van der Waals surface area contributed by atoms with Crippen LogP contribution >= 0.6 is 0 Å². The van der Waals surface area contributed by atoms with E-state index in [1.807, 2.05) is 11.5 Å². The second-order valence-electron chi connectivity index (χ2n) is 11.2. The largest absolute Gasteiger partial charge is 0.377 e. The van der Waals surface area contributed by atoms with E-state index < -0.39 is 6.23 Å². The fourth-order valence-electron chi connectivity index (χ4n) is 5.62. The first-order valence-corrected chi connectivity index (χ1v) is 12.6. The second-order valence-corrected chi connectivity index (χ2v) is 11.2. The van der Waals surface area contributed by atoms with Crippen LogP contribution in [0.1, 0.15) is 63.6 Å². The lowest BCUT2D eigenvalue weighted by Gasteiger charge is -2.21. The van der Waals surface area contributed by atoms with Gasteiger partial charge < -0.3 is 9.84 Å². The van der Waals surface area contributed by atoms with E-state index in [1.54, 1.807) is 7.11 Å². The molecule has 4 aromatic rings. The molecule has 3 nitrogen and oxygen atoms in total. The van der Waals surface area contributed by atoms with Gasteiger partial charge in [0, 0.05) is 20.1 Å². The summed E-state index contributed by atoms with van der Waals surface area (Å²) in [5.41, 5.74) is 10.9. The monoisotopic (exact) mass is 466 g/mol. The summed E-state index contributed by atoms with van der Waals surface area (Å²) in [6.45, 7) is 13.0. The van der Waals surface area contributed by atoms with Crippen molar-refractivity contribution < 1.29 is 14.4 Å². The summed E-state index contributed by atoms with van der Waals surface area (Å²) in [5, 5.41) is 13.4. The van der Waals surface area contributed by atoms with Crippen molar-refractivity contribution in [2.24, 2.45) is 5.41 Å². The minimum absolute atomic E-state index is 0.0878. The third-order valence-corrected chi connectivity index (χ3v) is 7.24. The summed E-state index contributed by atoms with van der Waals surface area (Å²) in [7, 11) is 1.76. The molecule has 1 aromatic heterocycles. The van der Waals surface area contributed by atoms with Crippen LogP contribution in [0.4, 0.5) is 0 Å². The van der Waals surface area contributed by atoms with Crippen molar-refractivity contribution in [1.29, 1.82) is 0 Å². The highest BCUT2D eigenvalue weighted by Crippen LogP contribution is 2.49. The van der Waals surface area contributed by atoms with Gasteiger partial charge in [0.2, 0.25) is 5.69 Å². The molecule has 1 N–H and O–H groups in total. The summed E-state index contributed by atoms with van der Waals surface area (Å²) in [6.07, 6.45) is 2.27. The molecule has 2 atom stereocenters. The van der Waals surface area contributed by atoms with E-state index in [9.17, 15) is 5.11 Å². The zero-order chi connectivity index (χ0) is 25.1. The number of fused-ring (bicyclic) bond motifs is 5. The Labute approximate surface area is 209 Å². The van der Waals surface area contributed by atoms with Crippen molar-refractivity contribution in [3.8, 4) is 33.5 Å². The van der Waals surface area contributed by atoms with Gasteiger partial charge in [-0.25, -0.2) is 0 Å². The lowest BCUT2D eigenvalue weighted by molar-refractivity contribution is -0.745. The van der Waals surface area contributed by atoms with Crippen molar-refractivity contribution in [3.63, 3.8) is 0 Å². The van der Waals surface area contributed by atoms with Crippen LogP contribution in [0.5, 0.6) is 0 Å². The zero-order valence-corrected chi connectivity index (χ0v) is 21.9. The molecule has 0 amide bonds. The molecule has 35 heavy (non-hydrogen) atoms. The zero-order valence-electron chi connectivity index (χ0n) is 21.9. The number of aliphatic hydroxyl groups excluding tert-OH is 1. The Bertz CT molecular complexity index is 1440. The summed E-state index contributed by atoms with van der Waals surface area (Å²) < 4.78 is 7.88. The van der Waals surface area contributed by atoms with Crippen LogP contribution in [-0.4, -0.2) is 12.2 Å². The van der Waals surface area contributed by atoms with Crippen LogP contribution in [0.2, 0.25) is 0 Å². The molecule has 5 rings (SSSR count). The molecule has 0 fully saturated rings. The van der Waals surface area contributed by atoms with Gasteiger partial charge in [0.1, 0.15) is 0 Å². The number of nitrogens with zero attached hydrogens (tertiary/aromatic N) is 1. The number of hydrogen-bond acceptors (Lipinski definition) is 2. The Morgan fingerprint density at radius 3 is 2.34 bits per heavy atom. The number of rotatable bonds is 4. The Morgan fingerprint density at radius 1 is 0.914 bits per heavy atom. The molecule has 1 heterocycles. The number of pyridine rings is 1. The van der Waals surface area contributed by atoms with Crippen molar-refractivity contribution in [2.45, 2.75) is 60.3 Å². The molecule has 3 heteroatoms. The molecule has 0 bridgehead atoms. The predicted octanol–water partition coefficient (Wildman–Crippen LogP) is 7.56. The lowest BCUT2D eigenvalue weighted by atomic mass is 9.84. The van der Waals surface area contributed by atoms with E-state index >= 15 is 0 Å². The maximum Gasteiger partial charge on any atom is 0.257 e.